The Kier molecular flexibility index (Phi) is 6.70. The maximum Gasteiger partial charge on any atom is 0.114 e. The second kappa shape index (κ2) is 6.93. The zero-order valence-electron chi connectivity index (χ0n) is 10.9. The van der Waals surface area contributed by atoms with Gasteiger partial charge in [-0.05, 0) is 6.42 Å². The van der Waals surface area contributed by atoms with Crippen molar-refractivity contribution in [2.75, 3.05) is 20.6 Å². The summed E-state index contributed by atoms with van der Waals surface area (Å²) in [5.74, 6) is 0. The van der Waals surface area contributed by atoms with Crippen LogP contribution in [0.2, 0.25) is 0 Å². The van der Waals surface area contributed by atoms with Gasteiger partial charge in [0.2, 0.25) is 0 Å². The van der Waals surface area contributed by atoms with Crippen molar-refractivity contribution in [1.82, 2.24) is 0 Å². The largest absolute Gasteiger partial charge is 1.00 e. The molecular weight excluding hydrogens is 218 g/mol. The van der Waals surface area contributed by atoms with Crippen molar-refractivity contribution in [1.29, 1.82) is 0 Å². The molecule has 0 aromatic heterocycles. The van der Waals surface area contributed by atoms with E-state index < -0.39 is 0 Å². The summed E-state index contributed by atoms with van der Waals surface area (Å²) < 4.78 is 1.09. The van der Waals surface area contributed by atoms with Crippen LogP contribution in [0.3, 0.4) is 0 Å². The Morgan fingerprint density at radius 1 is 1.06 bits per heavy atom. The minimum absolute atomic E-state index is 0. The van der Waals surface area contributed by atoms with Gasteiger partial charge in [-0.25, -0.2) is 0 Å². The van der Waals surface area contributed by atoms with Crippen LogP contribution < -0.4 is 12.4 Å². The van der Waals surface area contributed by atoms with Crippen LogP contribution in [0.25, 0.3) is 0 Å². The maximum absolute atomic E-state index is 2.34. The van der Waals surface area contributed by atoms with Gasteiger partial charge in [0.05, 0.1) is 20.6 Å². The lowest BCUT2D eigenvalue weighted by Gasteiger charge is -2.38. The van der Waals surface area contributed by atoms with Crippen LogP contribution in [-0.4, -0.2) is 25.1 Å². The number of quaternary nitrogens is 1. The van der Waals surface area contributed by atoms with E-state index in [-0.39, 0.29) is 12.4 Å². The Bertz CT molecular complexity index is 282. The molecular formula is C14H24ClN. The molecule has 0 aliphatic rings. The van der Waals surface area contributed by atoms with E-state index in [0.717, 1.165) is 4.48 Å². The van der Waals surface area contributed by atoms with Crippen LogP contribution in [0.5, 0.6) is 0 Å². The Balaban J connectivity index is 0.00000225. The van der Waals surface area contributed by atoms with Crippen LogP contribution in [0.15, 0.2) is 30.3 Å². The Morgan fingerprint density at radius 3 is 2.06 bits per heavy atom. The first-order valence-electron chi connectivity index (χ1n) is 5.99. The maximum atomic E-state index is 2.34. The van der Waals surface area contributed by atoms with Gasteiger partial charge in [-0.1, -0.05) is 44.2 Å². The molecule has 0 spiro atoms. The molecule has 92 valence electrons. The van der Waals surface area contributed by atoms with E-state index in [4.69, 9.17) is 0 Å². The number of nitrogens with zero attached hydrogens (tertiary/aromatic N) is 1. The fraction of sp³-hybridized carbons (Fsp3) is 0.571. The van der Waals surface area contributed by atoms with Crippen molar-refractivity contribution in [3.63, 3.8) is 0 Å². The van der Waals surface area contributed by atoms with Crippen LogP contribution in [0.4, 0.5) is 0 Å². The molecule has 1 atom stereocenters. The van der Waals surface area contributed by atoms with Gasteiger partial charge in [-0.15, -0.1) is 0 Å². The first-order valence-corrected chi connectivity index (χ1v) is 5.99. The van der Waals surface area contributed by atoms with E-state index in [1.165, 1.54) is 24.9 Å². The molecule has 0 bridgehead atoms. The molecule has 2 heteroatoms. The molecule has 0 N–H and O–H groups in total. The topological polar surface area (TPSA) is 0 Å². The second-order valence-electron chi connectivity index (χ2n) is 4.84. The van der Waals surface area contributed by atoms with Crippen molar-refractivity contribution in [2.24, 2.45) is 0 Å². The fourth-order valence-electron chi connectivity index (χ4n) is 2.54. The normalized spacial score (nSPS) is 13.0. The summed E-state index contributed by atoms with van der Waals surface area (Å²) in [6.07, 6.45) is 2.45. The van der Waals surface area contributed by atoms with E-state index in [1.807, 2.05) is 0 Å². The summed E-state index contributed by atoms with van der Waals surface area (Å²) in [6.45, 7) is 5.79. The lowest BCUT2D eigenvalue weighted by atomic mass is 10.0. The van der Waals surface area contributed by atoms with Gasteiger partial charge in [0.1, 0.15) is 6.04 Å². The Morgan fingerprint density at radius 2 is 1.62 bits per heavy atom. The van der Waals surface area contributed by atoms with Crippen molar-refractivity contribution >= 4 is 0 Å². The molecule has 1 aromatic rings. The van der Waals surface area contributed by atoms with Crippen molar-refractivity contribution in [2.45, 2.75) is 32.7 Å². The van der Waals surface area contributed by atoms with Gasteiger partial charge in [0.15, 0.2) is 0 Å². The predicted octanol–water partition coefficient (Wildman–Crippen LogP) is 0.628. The molecule has 1 unspecified atom stereocenters. The average Bonchev–Trinajstić information content (AvgIpc) is 2.19. The van der Waals surface area contributed by atoms with Crippen LogP contribution in [-0.2, 0) is 0 Å². The highest BCUT2D eigenvalue weighted by atomic mass is 35.5. The standard InChI is InChI=1S/C14H24N.ClH/c1-5-12-15(3,4)14(6-2)13-10-8-7-9-11-13;/h7-11,14H,5-6,12H2,1-4H3;1H/q+1;/p-1. The number of benzene rings is 1. The third kappa shape index (κ3) is 3.80. The molecule has 0 radical (unpaired) electrons. The van der Waals surface area contributed by atoms with Gasteiger partial charge < -0.3 is 16.9 Å². The number of rotatable bonds is 5. The summed E-state index contributed by atoms with van der Waals surface area (Å²) in [6, 6.07) is 11.5. The number of hydrogen-bond acceptors (Lipinski definition) is 0. The molecule has 0 heterocycles. The molecule has 0 saturated carbocycles. The third-order valence-electron chi connectivity index (χ3n) is 3.21. The Hall–Kier alpha value is -0.530. The van der Waals surface area contributed by atoms with Crippen molar-refractivity contribution in [3.8, 4) is 0 Å². The molecule has 1 aromatic carbocycles. The van der Waals surface area contributed by atoms with Gasteiger partial charge >= 0.3 is 0 Å². The predicted molar refractivity (Wildman–Crippen MR) is 66.7 cm³/mol. The summed E-state index contributed by atoms with van der Waals surface area (Å²) >= 11 is 0. The first kappa shape index (κ1) is 15.5. The van der Waals surface area contributed by atoms with E-state index in [9.17, 15) is 0 Å². The highest BCUT2D eigenvalue weighted by molar-refractivity contribution is 5.17. The van der Waals surface area contributed by atoms with Gasteiger partial charge in [-0.3, -0.25) is 0 Å². The van der Waals surface area contributed by atoms with Gasteiger partial charge in [-0.2, -0.15) is 0 Å². The quantitative estimate of drug-likeness (QED) is 0.664. The third-order valence-corrected chi connectivity index (χ3v) is 3.21. The molecule has 0 amide bonds. The number of hydrogen-bond donors (Lipinski definition) is 0. The van der Waals surface area contributed by atoms with Gasteiger partial charge in [0, 0.05) is 12.0 Å². The fourth-order valence-corrected chi connectivity index (χ4v) is 2.54. The minimum atomic E-state index is 0. The van der Waals surface area contributed by atoms with Crippen LogP contribution in [0, 0.1) is 0 Å². The smallest absolute Gasteiger partial charge is 0.114 e. The lowest BCUT2D eigenvalue weighted by molar-refractivity contribution is -0.921. The highest BCUT2D eigenvalue weighted by Gasteiger charge is 2.26. The molecule has 16 heavy (non-hydrogen) atoms. The number of halogens is 1. The molecule has 0 aliphatic heterocycles. The average molecular weight is 242 g/mol. The molecule has 0 fully saturated rings. The zero-order valence-corrected chi connectivity index (χ0v) is 11.7. The van der Waals surface area contributed by atoms with Gasteiger partial charge in [0.25, 0.3) is 0 Å². The summed E-state index contributed by atoms with van der Waals surface area (Å²) in [5.41, 5.74) is 1.47. The lowest BCUT2D eigenvalue weighted by Crippen LogP contribution is -3.00. The molecule has 0 saturated heterocycles. The van der Waals surface area contributed by atoms with Crippen LogP contribution >= 0.6 is 0 Å². The first-order chi connectivity index (χ1) is 7.11. The SMILES string of the molecule is CCC[N+](C)(C)C(CC)c1ccccc1.[Cl-]. The Labute approximate surface area is 106 Å². The van der Waals surface area contributed by atoms with E-state index in [2.05, 4.69) is 58.3 Å². The van der Waals surface area contributed by atoms with E-state index in [1.54, 1.807) is 0 Å². The van der Waals surface area contributed by atoms with Crippen molar-refractivity contribution < 1.29 is 16.9 Å². The monoisotopic (exact) mass is 241 g/mol. The summed E-state index contributed by atoms with van der Waals surface area (Å²) in [7, 11) is 4.68. The highest BCUT2D eigenvalue weighted by Crippen LogP contribution is 2.28. The van der Waals surface area contributed by atoms with Crippen molar-refractivity contribution in [3.05, 3.63) is 35.9 Å². The molecule has 0 aliphatic carbocycles. The summed E-state index contributed by atoms with van der Waals surface area (Å²) in [5, 5.41) is 0. The minimum Gasteiger partial charge on any atom is -1.00 e. The molecule has 1 rings (SSSR count). The van der Waals surface area contributed by atoms with E-state index in [0.29, 0.717) is 6.04 Å². The second-order valence-corrected chi connectivity index (χ2v) is 4.84. The summed E-state index contributed by atoms with van der Waals surface area (Å²) in [4.78, 5) is 0. The van der Waals surface area contributed by atoms with Crippen LogP contribution in [0.1, 0.15) is 38.3 Å². The molecule has 1 nitrogen and oxygen atoms in total. The van der Waals surface area contributed by atoms with E-state index >= 15 is 0 Å². The zero-order chi connectivity index (χ0) is 11.3.